The zero-order chi connectivity index (χ0) is 17.6. The van der Waals surface area contributed by atoms with Crippen molar-refractivity contribution in [1.29, 1.82) is 0 Å². The maximum absolute atomic E-state index is 2.49. The van der Waals surface area contributed by atoms with Crippen molar-refractivity contribution in [1.82, 2.24) is 0 Å². The third kappa shape index (κ3) is 3.85. The molecule has 0 spiro atoms. The van der Waals surface area contributed by atoms with Crippen LogP contribution in [-0.4, -0.2) is 0 Å². The van der Waals surface area contributed by atoms with Crippen molar-refractivity contribution in [2.24, 2.45) is 11.8 Å². The van der Waals surface area contributed by atoms with E-state index in [0.717, 1.165) is 0 Å². The Morgan fingerprint density at radius 3 is 0.846 bits per heavy atom. The van der Waals surface area contributed by atoms with Crippen molar-refractivity contribution in [2.45, 2.75) is 51.4 Å². The monoisotopic (exact) mass is 342 g/mol. The van der Waals surface area contributed by atoms with Gasteiger partial charge in [-0.05, 0) is 73.7 Å². The summed E-state index contributed by atoms with van der Waals surface area (Å²) in [6.07, 6.45) is 38.4. The van der Waals surface area contributed by atoms with Crippen LogP contribution < -0.4 is 0 Å². The van der Waals surface area contributed by atoms with E-state index in [-0.39, 0.29) is 0 Å². The number of hydrogen-bond donors (Lipinski definition) is 0. The van der Waals surface area contributed by atoms with Crippen LogP contribution in [0.4, 0.5) is 0 Å². The highest BCUT2D eigenvalue weighted by Crippen LogP contribution is 2.43. The zero-order valence-electron chi connectivity index (χ0n) is 15.7. The van der Waals surface area contributed by atoms with Gasteiger partial charge in [-0.2, -0.15) is 0 Å². The molecule has 0 atom stereocenters. The second kappa shape index (κ2) is 8.54. The van der Waals surface area contributed by atoms with E-state index >= 15 is 0 Å². The Morgan fingerprint density at radius 2 is 0.654 bits per heavy atom. The second-order valence-corrected chi connectivity index (χ2v) is 7.69. The van der Waals surface area contributed by atoms with Crippen LogP contribution in [-0.2, 0) is 0 Å². The fourth-order valence-corrected chi connectivity index (χ4v) is 4.61. The Morgan fingerprint density at radius 1 is 0.385 bits per heavy atom. The summed E-state index contributed by atoms with van der Waals surface area (Å²) in [6, 6.07) is 0. The standard InChI is InChI=1S/C26H30/c1-5-13-21(14-6-1)25(22-15-7-2-8-16-22)26(23-17-9-3-10-18-23)24-19-11-4-12-20-24/h5,7,9,11,13-20,25-26H,1-4,6,8,10,12H2. The number of allylic oxidation sites excluding steroid dienone is 16. The predicted molar refractivity (Wildman–Crippen MR) is 113 cm³/mol. The topological polar surface area (TPSA) is 0 Å². The Hall–Kier alpha value is -2.08. The molecule has 0 aromatic rings. The summed E-state index contributed by atoms with van der Waals surface area (Å²) in [6.45, 7) is 0. The molecule has 0 radical (unpaired) electrons. The van der Waals surface area contributed by atoms with Gasteiger partial charge in [-0.1, -0.05) is 72.9 Å². The van der Waals surface area contributed by atoms with Gasteiger partial charge in [0.1, 0.15) is 0 Å². The first-order valence-corrected chi connectivity index (χ1v) is 10.4. The molecule has 0 saturated carbocycles. The van der Waals surface area contributed by atoms with Crippen molar-refractivity contribution >= 4 is 0 Å². The van der Waals surface area contributed by atoms with Crippen molar-refractivity contribution < 1.29 is 0 Å². The van der Waals surface area contributed by atoms with Gasteiger partial charge in [0.2, 0.25) is 0 Å². The Kier molecular flexibility index (Phi) is 5.69. The summed E-state index contributed by atoms with van der Waals surface area (Å²) in [7, 11) is 0. The lowest BCUT2D eigenvalue weighted by Gasteiger charge is -2.34. The fourth-order valence-electron chi connectivity index (χ4n) is 4.61. The molecule has 0 N–H and O–H groups in total. The molecule has 0 nitrogen and oxygen atoms in total. The minimum absolute atomic E-state index is 0.436. The molecule has 4 aliphatic rings. The third-order valence-electron chi connectivity index (χ3n) is 5.86. The van der Waals surface area contributed by atoms with Gasteiger partial charge in [-0.3, -0.25) is 0 Å². The van der Waals surface area contributed by atoms with E-state index < -0.39 is 0 Å². The Bertz CT molecular complexity index is 628. The van der Waals surface area contributed by atoms with Crippen molar-refractivity contribution in [3.8, 4) is 0 Å². The second-order valence-electron chi connectivity index (χ2n) is 7.69. The van der Waals surface area contributed by atoms with Crippen LogP contribution in [0.3, 0.4) is 0 Å². The van der Waals surface area contributed by atoms with Crippen LogP contribution in [0, 0.1) is 11.8 Å². The number of rotatable bonds is 5. The van der Waals surface area contributed by atoms with E-state index in [1.165, 1.54) is 73.7 Å². The molecule has 0 fully saturated rings. The molecule has 4 rings (SSSR count). The molecule has 4 aliphatic carbocycles. The van der Waals surface area contributed by atoms with E-state index in [2.05, 4.69) is 72.9 Å². The van der Waals surface area contributed by atoms with Gasteiger partial charge in [0.15, 0.2) is 0 Å². The summed E-state index contributed by atoms with van der Waals surface area (Å²) in [5.41, 5.74) is 6.05. The van der Waals surface area contributed by atoms with Crippen LogP contribution in [0.25, 0.3) is 0 Å². The van der Waals surface area contributed by atoms with Gasteiger partial charge in [-0.15, -0.1) is 0 Å². The molecule has 0 heterocycles. The van der Waals surface area contributed by atoms with E-state index in [4.69, 9.17) is 0 Å². The van der Waals surface area contributed by atoms with E-state index in [1.807, 2.05) is 0 Å². The highest BCUT2D eigenvalue weighted by atomic mass is 14.3. The van der Waals surface area contributed by atoms with E-state index in [9.17, 15) is 0 Å². The minimum Gasteiger partial charge on any atom is -0.0839 e. The molecule has 26 heavy (non-hydrogen) atoms. The Balaban J connectivity index is 1.80. The van der Waals surface area contributed by atoms with Gasteiger partial charge in [0.05, 0.1) is 0 Å². The van der Waals surface area contributed by atoms with Crippen LogP contribution in [0.15, 0.2) is 95.2 Å². The quantitative estimate of drug-likeness (QED) is 0.491. The predicted octanol–water partition coefficient (Wildman–Crippen LogP) is 7.32. The van der Waals surface area contributed by atoms with E-state index in [0.29, 0.717) is 11.8 Å². The lowest BCUT2D eigenvalue weighted by atomic mass is 9.69. The molecule has 0 amide bonds. The summed E-state index contributed by atoms with van der Waals surface area (Å²) >= 11 is 0. The largest absolute Gasteiger partial charge is 0.0839 e. The summed E-state index contributed by atoms with van der Waals surface area (Å²) in [5, 5.41) is 0. The van der Waals surface area contributed by atoms with Crippen molar-refractivity contribution in [2.75, 3.05) is 0 Å². The van der Waals surface area contributed by atoms with Crippen LogP contribution in [0.5, 0.6) is 0 Å². The van der Waals surface area contributed by atoms with Crippen molar-refractivity contribution in [3.63, 3.8) is 0 Å². The maximum atomic E-state index is 2.49. The average Bonchev–Trinajstić information content (AvgIpc) is 2.74. The first-order chi connectivity index (χ1) is 12.9. The van der Waals surface area contributed by atoms with Crippen LogP contribution >= 0.6 is 0 Å². The fraction of sp³-hybridized carbons (Fsp3) is 0.385. The SMILES string of the molecule is C1=CC(C(C2=CCCC=C2)C(C2=CCCC=C2)C2=CCCC=C2)=CCC1. The molecule has 0 saturated heterocycles. The molecule has 134 valence electrons. The summed E-state index contributed by atoms with van der Waals surface area (Å²) in [5.74, 6) is 0.872. The van der Waals surface area contributed by atoms with Gasteiger partial charge in [0.25, 0.3) is 0 Å². The van der Waals surface area contributed by atoms with Gasteiger partial charge in [-0.25, -0.2) is 0 Å². The van der Waals surface area contributed by atoms with Crippen LogP contribution in [0.1, 0.15) is 51.4 Å². The number of hydrogen-bond acceptors (Lipinski definition) is 0. The molecule has 0 heteroatoms. The van der Waals surface area contributed by atoms with Crippen molar-refractivity contribution in [3.05, 3.63) is 95.2 Å². The molecule has 0 aliphatic heterocycles. The lowest BCUT2D eigenvalue weighted by molar-refractivity contribution is 0.571. The normalized spacial score (nSPS) is 22.4. The summed E-state index contributed by atoms with van der Waals surface area (Å²) in [4.78, 5) is 0. The smallest absolute Gasteiger partial charge is 0.0192 e. The highest BCUT2D eigenvalue weighted by molar-refractivity contribution is 5.48. The van der Waals surface area contributed by atoms with Gasteiger partial charge >= 0.3 is 0 Å². The van der Waals surface area contributed by atoms with Gasteiger partial charge < -0.3 is 0 Å². The molecule has 0 aromatic carbocycles. The zero-order valence-corrected chi connectivity index (χ0v) is 15.7. The summed E-state index contributed by atoms with van der Waals surface area (Å²) < 4.78 is 0. The van der Waals surface area contributed by atoms with Gasteiger partial charge in [0, 0.05) is 11.8 Å². The molecule has 0 unspecified atom stereocenters. The molecular formula is C26H30. The first-order valence-electron chi connectivity index (χ1n) is 10.4. The molecule has 0 aromatic heterocycles. The molecular weight excluding hydrogens is 312 g/mol. The van der Waals surface area contributed by atoms with E-state index in [1.54, 1.807) is 0 Å². The maximum Gasteiger partial charge on any atom is 0.0192 e. The minimum atomic E-state index is 0.436. The Labute approximate surface area is 158 Å². The lowest BCUT2D eigenvalue weighted by Crippen LogP contribution is -2.23. The van der Waals surface area contributed by atoms with Crippen LogP contribution in [0.2, 0.25) is 0 Å². The third-order valence-corrected chi connectivity index (χ3v) is 5.86. The first kappa shape index (κ1) is 17.3. The molecule has 0 bridgehead atoms. The average molecular weight is 343 g/mol. The highest BCUT2D eigenvalue weighted by Gasteiger charge is 2.31.